The lowest BCUT2D eigenvalue weighted by Crippen LogP contribution is -2.43. The van der Waals surface area contributed by atoms with E-state index in [0.29, 0.717) is 18.4 Å². The second kappa shape index (κ2) is 17.0. The number of fused-ring (bicyclic) bond motifs is 3. The van der Waals surface area contributed by atoms with Crippen molar-refractivity contribution in [2.24, 2.45) is 5.92 Å². The SMILES string of the molecule is C#Cc1c(F)ccc2cc(OC(=O)N(C)CCNC(=O)OC(C)OC(=O)C(C)C)cc(-c3ncc4c(N(C)[C@H]5C[C@@H]5F)nc(OC[C@@]56CCCN5C[C@H](F)C6)nc4c3F)c12. The van der Waals surface area contributed by atoms with Gasteiger partial charge >= 0.3 is 24.2 Å². The van der Waals surface area contributed by atoms with Crippen molar-refractivity contribution in [3.05, 3.63) is 47.7 Å². The molecule has 2 saturated heterocycles. The number of halogens is 4. The predicted octanol–water partition coefficient (Wildman–Crippen LogP) is 6.31. The van der Waals surface area contributed by atoms with E-state index in [9.17, 15) is 23.2 Å². The van der Waals surface area contributed by atoms with Gasteiger partial charge in [0, 0.05) is 70.6 Å². The van der Waals surface area contributed by atoms with Crippen LogP contribution < -0.4 is 19.7 Å². The molecule has 0 spiro atoms. The third kappa shape index (κ3) is 8.53. The lowest BCUT2D eigenvalue weighted by molar-refractivity contribution is -0.168. The maximum atomic E-state index is 17.2. The number of ether oxygens (including phenoxy) is 4. The summed E-state index contributed by atoms with van der Waals surface area (Å²) >= 11 is 0. The lowest BCUT2D eigenvalue weighted by atomic mass is 9.95. The number of rotatable bonds is 13. The largest absolute Gasteiger partial charge is 0.461 e. The molecule has 4 heterocycles. The van der Waals surface area contributed by atoms with E-state index in [1.807, 2.05) is 0 Å². The van der Waals surface area contributed by atoms with Gasteiger partial charge in [0.05, 0.1) is 28.4 Å². The van der Waals surface area contributed by atoms with Crippen molar-refractivity contribution in [2.75, 3.05) is 51.8 Å². The molecule has 1 N–H and O–H groups in total. The van der Waals surface area contributed by atoms with Gasteiger partial charge in [-0.25, -0.2) is 27.2 Å². The molecule has 2 aromatic heterocycles. The number of terminal acetylenes is 1. The first-order valence-corrected chi connectivity index (χ1v) is 19.6. The molecule has 4 aromatic rings. The van der Waals surface area contributed by atoms with Crippen LogP contribution in [0.25, 0.3) is 32.9 Å². The molecule has 0 radical (unpaired) electrons. The van der Waals surface area contributed by atoms with Crippen LogP contribution in [0.4, 0.5) is 33.0 Å². The lowest BCUT2D eigenvalue weighted by Gasteiger charge is -2.31. The van der Waals surface area contributed by atoms with Crippen LogP contribution in [0.15, 0.2) is 30.5 Å². The van der Waals surface area contributed by atoms with Crippen molar-refractivity contribution in [1.82, 2.24) is 30.1 Å². The molecule has 3 aliphatic rings. The second-order valence-corrected chi connectivity index (χ2v) is 15.7. The van der Waals surface area contributed by atoms with E-state index in [2.05, 4.69) is 31.1 Å². The molecule has 60 heavy (non-hydrogen) atoms. The van der Waals surface area contributed by atoms with E-state index < -0.39 is 65.9 Å². The number of hydrogen-bond acceptors (Lipinski definition) is 12. The van der Waals surface area contributed by atoms with Crippen LogP contribution in [0.2, 0.25) is 0 Å². The Labute approximate surface area is 343 Å². The molecule has 318 valence electrons. The normalized spacial score (nSPS) is 21.3. The van der Waals surface area contributed by atoms with Crippen molar-refractivity contribution in [3.8, 4) is 35.4 Å². The van der Waals surface area contributed by atoms with Gasteiger partial charge in [-0.1, -0.05) is 25.8 Å². The van der Waals surface area contributed by atoms with Crippen LogP contribution in [0.5, 0.6) is 11.8 Å². The molecular weight excluding hydrogens is 790 g/mol. The molecule has 2 aromatic carbocycles. The Bertz CT molecular complexity index is 2380. The Morgan fingerprint density at radius 2 is 1.88 bits per heavy atom. The second-order valence-electron chi connectivity index (χ2n) is 15.7. The minimum absolute atomic E-state index is 0.0241. The fourth-order valence-corrected chi connectivity index (χ4v) is 7.81. The van der Waals surface area contributed by atoms with E-state index in [1.54, 1.807) is 25.8 Å². The maximum absolute atomic E-state index is 17.2. The Kier molecular flexibility index (Phi) is 11.9. The standard InChI is InChI=1S/C42H45F4N7O7/c1-7-27-30(44)10-9-24-15-26(60-41(56)51(5)14-12-47-40(55)59-23(4)58-38(54)22(2)3)16-28(33(24)27)35-34(46)36-29(19-48-35)37(52(6)32-17-31(32)45)50-39(49-36)57-21-42-11-8-13-53(42)20-25(43)18-42/h1,9-10,15-16,19,22-23,25,31-32H,8,11-14,17-18,20-21H2,2-6H3,(H,47,55)/t23?,25-,31+,32+,42+/m1/s1. The molecule has 2 aliphatic heterocycles. The van der Waals surface area contributed by atoms with Crippen LogP contribution in [0.3, 0.4) is 0 Å². The van der Waals surface area contributed by atoms with E-state index in [4.69, 9.17) is 25.4 Å². The van der Waals surface area contributed by atoms with Gasteiger partial charge in [-0.2, -0.15) is 9.97 Å². The van der Waals surface area contributed by atoms with Crippen molar-refractivity contribution in [1.29, 1.82) is 0 Å². The average Bonchev–Trinajstić information content (AvgIpc) is 3.69. The van der Waals surface area contributed by atoms with Crippen molar-refractivity contribution >= 4 is 45.6 Å². The summed E-state index contributed by atoms with van der Waals surface area (Å²) in [6.45, 7) is 5.63. The zero-order valence-electron chi connectivity index (χ0n) is 33.8. The summed E-state index contributed by atoms with van der Waals surface area (Å²) in [4.78, 5) is 55.5. The summed E-state index contributed by atoms with van der Waals surface area (Å²) in [7, 11) is 3.04. The van der Waals surface area contributed by atoms with Gasteiger partial charge in [-0.3, -0.25) is 14.7 Å². The van der Waals surface area contributed by atoms with E-state index in [-0.39, 0.29) is 83.2 Å². The van der Waals surface area contributed by atoms with Gasteiger partial charge in [0.1, 0.15) is 47.5 Å². The molecule has 18 heteroatoms. The third-order valence-electron chi connectivity index (χ3n) is 11.1. The molecule has 0 bridgehead atoms. The number of carbonyl (C=O) groups excluding carboxylic acids is 3. The fraction of sp³-hybridized carbons (Fsp3) is 0.476. The zero-order chi connectivity index (χ0) is 43.0. The number of amides is 2. The third-order valence-corrected chi connectivity index (χ3v) is 11.1. The summed E-state index contributed by atoms with van der Waals surface area (Å²) in [5.41, 5.74) is -1.32. The van der Waals surface area contributed by atoms with E-state index in [1.165, 1.54) is 38.4 Å². The number of nitrogens with zero attached hydrogens (tertiary/aromatic N) is 6. The smallest absolute Gasteiger partial charge is 0.415 e. The molecule has 14 nitrogen and oxygen atoms in total. The highest BCUT2D eigenvalue weighted by Crippen LogP contribution is 2.43. The minimum atomic E-state index is -1.14. The van der Waals surface area contributed by atoms with Gasteiger partial charge in [0.25, 0.3) is 0 Å². The number of esters is 1. The highest BCUT2D eigenvalue weighted by Gasteiger charge is 2.49. The van der Waals surface area contributed by atoms with E-state index in [0.717, 1.165) is 23.9 Å². The minimum Gasteiger partial charge on any atom is -0.461 e. The fourth-order valence-electron chi connectivity index (χ4n) is 7.81. The maximum Gasteiger partial charge on any atom is 0.415 e. The number of pyridine rings is 1. The summed E-state index contributed by atoms with van der Waals surface area (Å²) in [6.07, 6.45) is 4.18. The average molecular weight is 836 g/mol. The molecule has 1 saturated carbocycles. The summed E-state index contributed by atoms with van der Waals surface area (Å²) in [5, 5.41) is 3.01. The number of aromatic nitrogens is 3. The van der Waals surface area contributed by atoms with Crippen LogP contribution >= 0.6 is 0 Å². The van der Waals surface area contributed by atoms with Gasteiger partial charge < -0.3 is 34.1 Å². The molecule has 2 amide bonds. The van der Waals surface area contributed by atoms with E-state index >= 15 is 8.78 Å². The number of alkyl halides is 2. The highest BCUT2D eigenvalue weighted by molar-refractivity contribution is 6.03. The Hall–Kier alpha value is -5.96. The number of likely N-dealkylation sites (N-methyl/N-ethyl adjacent to an activating group) is 1. The highest BCUT2D eigenvalue weighted by atomic mass is 19.1. The monoisotopic (exact) mass is 835 g/mol. The van der Waals surface area contributed by atoms with Crippen LogP contribution in [-0.2, 0) is 14.3 Å². The molecule has 1 aliphatic carbocycles. The van der Waals surface area contributed by atoms with Crippen molar-refractivity contribution < 1.29 is 50.9 Å². The Morgan fingerprint density at radius 1 is 1.12 bits per heavy atom. The number of nitrogens with one attached hydrogen (secondary N) is 1. The molecule has 3 fully saturated rings. The first-order chi connectivity index (χ1) is 28.6. The van der Waals surface area contributed by atoms with Gasteiger partial charge in [-0.15, -0.1) is 6.42 Å². The van der Waals surface area contributed by atoms with Crippen molar-refractivity contribution in [3.63, 3.8) is 0 Å². The molecular formula is C42H45F4N7O7. The van der Waals surface area contributed by atoms with Crippen LogP contribution in [0, 0.1) is 29.9 Å². The first kappa shape index (κ1) is 42.2. The number of hydrogen-bond donors (Lipinski definition) is 1. The predicted molar refractivity (Wildman–Crippen MR) is 212 cm³/mol. The first-order valence-electron chi connectivity index (χ1n) is 19.6. The summed E-state index contributed by atoms with van der Waals surface area (Å²) in [5.74, 6) is -0.247. The molecule has 1 unspecified atom stereocenters. The Morgan fingerprint density at radius 3 is 2.60 bits per heavy atom. The van der Waals surface area contributed by atoms with Crippen molar-refractivity contribution in [2.45, 2.75) is 76.7 Å². The summed E-state index contributed by atoms with van der Waals surface area (Å²) in [6, 6.07) is 4.54. The number of anilines is 1. The molecule has 5 atom stereocenters. The van der Waals surface area contributed by atoms with Crippen LogP contribution in [-0.4, -0.2) is 120 Å². The van der Waals surface area contributed by atoms with Gasteiger partial charge in [0.2, 0.25) is 6.29 Å². The topological polar surface area (TPSA) is 149 Å². The zero-order valence-corrected chi connectivity index (χ0v) is 33.8. The molecule has 7 rings (SSSR count). The van der Waals surface area contributed by atoms with Crippen LogP contribution in [0.1, 0.15) is 52.0 Å². The van der Waals surface area contributed by atoms with Gasteiger partial charge in [-0.05, 0) is 43.0 Å². The Balaban J connectivity index is 1.18. The summed E-state index contributed by atoms with van der Waals surface area (Å²) < 4.78 is 83.1. The number of benzene rings is 2. The van der Waals surface area contributed by atoms with Gasteiger partial charge in [0.15, 0.2) is 5.82 Å². The number of alkyl carbamates (subject to hydrolysis) is 1. The quantitative estimate of drug-likeness (QED) is 0.0697. The number of carbonyl (C=O) groups is 3.